The largest absolute Gasteiger partial charge is 0.492 e. The van der Waals surface area contributed by atoms with Crippen LogP contribution in [0.25, 0.3) is 10.9 Å². The van der Waals surface area contributed by atoms with Crippen LogP contribution < -0.4 is 15.5 Å². The molecule has 0 radical (unpaired) electrons. The summed E-state index contributed by atoms with van der Waals surface area (Å²) in [5, 5.41) is 7.02. The van der Waals surface area contributed by atoms with E-state index in [1.807, 2.05) is 0 Å². The molecule has 1 N–H and O–H groups in total. The van der Waals surface area contributed by atoms with Crippen LogP contribution in [0.4, 0.5) is 13.2 Å². The number of carbonyl (C=O) groups excluding carboxylic acids is 1. The second-order valence-corrected chi connectivity index (χ2v) is 5.91. The Hall–Kier alpha value is -3.36. The minimum atomic E-state index is -4.44. The maximum absolute atomic E-state index is 12.7. The minimum absolute atomic E-state index is 0.00535. The lowest BCUT2D eigenvalue weighted by Crippen LogP contribution is -2.32. The molecule has 0 aliphatic carbocycles. The van der Waals surface area contributed by atoms with Crippen LogP contribution >= 0.6 is 0 Å². The van der Waals surface area contributed by atoms with Gasteiger partial charge in [-0.05, 0) is 30.3 Å². The van der Waals surface area contributed by atoms with Gasteiger partial charge < -0.3 is 10.1 Å². The summed E-state index contributed by atoms with van der Waals surface area (Å²) in [4.78, 5) is 23.9. The number of aromatic nitrogens is 2. The Morgan fingerprint density at radius 2 is 1.93 bits per heavy atom. The number of carbonyl (C=O) groups is 1. The Labute approximate surface area is 157 Å². The highest BCUT2D eigenvalue weighted by molar-refractivity contribution is 5.81. The Bertz CT molecular complexity index is 1050. The molecule has 0 fully saturated rings. The zero-order chi connectivity index (χ0) is 20.1. The van der Waals surface area contributed by atoms with Gasteiger partial charge in [-0.3, -0.25) is 14.3 Å². The monoisotopic (exact) mass is 391 g/mol. The molecule has 0 unspecified atom stereocenters. The Kier molecular flexibility index (Phi) is 5.62. The zero-order valence-corrected chi connectivity index (χ0v) is 14.6. The third-order valence-electron chi connectivity index (χ3n) is 3.91. The van der Waals surface area contributed by atoms with Crippen LogP contribution in [0.15, 0.2) is 59.5 Å². The number of hydrogen-bond acceptors (Lipinski definition) is 4. The van der Waals surface area contributed by atoms with E-state index in [1.165, 1.54) is 16.8 Å². The second kappa shape index (κ2) is 8.12. The lowest BCUT2D eigenvalue weighted by Gasteiger charge is -2.12. The van der Waals surface area contributed by atoms with Crippen molar-refractivity contribution >= 4 is 16.8 Å². The fourth-order valence-electron chi connectivity index (χ4n) is 2.60. The molecule has 2 aromatic carbocycles. The number of nitrogens with one attached hydrogen (secondary N) is 1. The molecule has 6 nitrogen and oxygen atoms in total. The van der Waals surface area contributed by atoms with Crippen molar-refractivity contribution in [2.45, 2.75) is 12.7 Å². The summed E-state index contributed by atoms with van der Waals surface area (Å²) in [7, 11) is 0. The summed E-state index contributed by atoms with van der Waals surface area (Å²) >= 11 is 0. The van der Waals surface area contributed by atoms with Crippen LogP contribution in [0, 0.1) is 0 Å². The molecule has 3 rings (SSSR count). The third kappa shape index (κ3) is 4.67. The number of ether oxygens (including phenoxy) is 1. The number of para-hydroxylation sites is 1. The predicted molar refractivity (Wildman–Crippen MR) is 96.0 cm³/mol. The average molecular weight is 391 g/mol. The fourth-order valence-corrected chi connectivity index (χ4v) is 2.60. The Morgan fingerprint density at radius 3 is 2.71 bits per heavy atom. The highest BCUT2D eigenvalue weighted by Gasteiger charge is 2.30. The Morgan fingerprint density at radius 1 is 1.14 bits per heavy atom. The van der Waals surface area contributed by atoms with Crippen molar-refractivity contribution in [3.05, 3.63) is 70.5 Å². The number of halogens is 3. The molecule has 0 bridgehead atoms. The van der Waals surface area contributed by atoms with Crippen LogP contribution in [0.3, 0.4) is 0 Å². The van der Waals surface area contributed by atoms with Crippen molar-refractivity contribution in [2.75, 3.05) is 13.2 Å². The van der Waals surface area contributed by atoms with Crippen molar-refractivity contribution in [2.24, 2.45) is 0 Å². The van der Waals surface area contributed by atoms with Gasteiger partial charge in [-0.2, -0.15) is 18.3 Å². The van der Waals surface area contributed by atoms with Gasteiger partial charge in [0.15, 0.2) is 0 Å². The van der Waals surface area contributed by atoms with Crippen molar-refractivity contribution in [3.63, 3.8) is 0 Å². The van der Waals surface area contributed by atoms with Crippen LogP contribution in [-0.2, 0) is 17.5 Å². The van der Waals surface area contributed by atoms with Crippen molar-refractivity contribution in [3.8, 4) is 5.75 Å². The molecular formula is C19H16F3N3O3. The summed E-state index contributed by atoms with van der Waals surface area (Å²) in [6.45, 7) is 0.00293. The number of rotatable bonds is 6. The lowest BCUT2D eigenvalue weighted by atomic mass is 10.2. The topological polar surface area (TPSA) is 73.2 Å². The molecular weight excluding hydrogens is 375 g/mol. The molecule has 1 amide bonds. The normalized spacial score (nSPS) is 11.4. The highest BCUT2D eigenvalue weighted by atomic mass is 19.4. The van der Waals surface area contributed by atoms with E-state index in [9.17, 15) is 22.8 Å². The third-order valence-corrected chi connectivity index (χ3v) is 3.91. The molecule has 0 saturated carbocycles. The quantitative estimate of drug-likeness (QED) is 0.656. The summed E-state index contributed by atoms with van der Waals surface area (Å²) < 4.78 is 44.6. The molecule has 1 heterocycles. The van der Waals surface area contributed by atoms with E-state index in [2.05, 4.69) is 10.4 Å². The van der Waals surface area contributed by atoms with Gasteiger partial charge in [-0.25, -0.2) is 0 Å². The first kappa shape index (κ1) is 19.4. The predicted octanol–water partition coefficient (Wildman–Crippen LogP) is 2.61. The molecule has 0 aliphatic rings. The van der Waals surface area contributed by atoms with Crippen molar-refractivity contribution in [1.29, 1.82) is 0 Å². The molecule has 0 atom stereocenters. The first-order chi connectivity index (χ1) is 13.3. The van der Waals surface area contributed by atoms with E-state index in [0.29, 0.717) is 10.9 Å². The molecule has 146 valence electrons. The second-order valence-electron chi connectivity index (χ2n) is 5.91. The number of fused-ring (bicyclic) bond motifs is 1. The first-order valence-electron chi connectivity index (χ1n) is 8.36. The maximum atomic E-state index is 12.7. The standard InChI is InChI=1S/C19H16F3N3O3/c20-19(21,22)13-4-3-5-14(10-13)28-9-8-23-18(27)12-25-16-7-2-1-6-15(16)17(26)11-24-25/h1-7,10-11H,8-9,12H2,(H,23,27). The molecule has 28 heavy (non-hydrogen) atoms. The highest BCUT2D eigenvalue weighted by Crippen LogP contribution is 2.31. The van der Waals surface area contributed by atoms with Gasteiger partial charge in [-0.1, -0.05) is 18.2 Å². The number of benzene rings is 2. The van der Waals surface area contributed by atoms with E-state index < -0.39 is 11.7 Å². The number of hydrogen-bond donors (Lipinski definition) is 1. The molecule has 1 aromatic heterocycles. The summed E-state index contributed by atoms with van der Waals surface area (Å²) in [6.07, 6.45) is -3.30. The van der Waals surface area contributed by atoms with Gasteiger partial charge in [0.05, 0.1) is 23.8 Å². The number of alkyl halides is 3. The van der Waals surface area contributed by atoms with Gasteiger partial charge in [0, 0.05) is 5.39 Å². The summed E-state index contributed by atoms with van der Waals surface area (Å²) in [5.74, 6) is -0.300. The van der Waals surface area contributed by atoms with E-state index in [4.69, 9.17) is 4.74 Å². The van der Waals surface area contributed by atoms with Crippen molar-refractivity contribution in [1.82, 2.24) is 15.1 Å². The van der Waals surface area contributed by atoms with E-state index in [0.717, 1.165) is 18.3 Å². The lowest BCUT2D eigenvalue weighted by molar-refractivity contribution is -0.137. The van der Waals surface area contributed by atoms with E-state index >= 15 is 0 Å². The zero-order valence-electron chi connectivity index (χ0n) is 14.6. The smallest absolute Gasteiger partial charge is 0.416 e. The minimum Gasteiger partial charge on any atom is -0.492 e. The van der Waals surface area contributed by atoms with Gasteiger partial charge in [-0.15, -0.1) is 0 Å². The molecule has 0 spiro atoms. The molecule has 3 aromatic rings. The first-order valence-corrected chi connectivity index (χ1v) is 8.36. The summed E-state index contributed by atoms with van der Waals surface area (Å²) in [5.41, 5.74) is -0.502. The van der Waals surface area contributed by atoms with Crippen LogP contribution in [0.5, 0.6) is 5.75 Å². The maximum Gasteiger partial charge on any atom is 0.416 e. The Balaban J connectivity index is 1.53. The van der Waals surface area contributed by atoms with E-state index in [1.54, 1.807) is 24.3 Å². The molecule has 0 saturated heterocycles. The summed E-state index contributed by atoms with van der Waals surface area (Å²) in [6, 6.07) is 11.3. The number of amides is 1. The van der Waals surface area contributed by atoms with Gasteiger partial charge in [0.2, 0.25) is 11.3 Å². The van der Waals surface area contributed by atoms with Gasteiger partial charge >= 0.3 is 6.18 Å². The van der Waals surface area contributed by atoms with Crippen LogP contribution in [0.2, 0.25) is 0 Å². The SMILES string of the molecule is O=C(Cn1ncc(=O)c2ccccc21)NCCOc1cccc(C(F)(F)F)c1. The van der Waals surface area contributed by atoms with Crippen LogP contribution in [-0.4, -0.2) is 28.8 Å². The average Bonchev–Trinajstić information content (AvgIpc) is 2.67. The van der Waals surface area contributed by atoms with Gasteiger partial charge in [0.25, 0.3) is 0 Å². The van der Waals surface area contributed by atoms with Crippen LogP contribution in [0.1, 0.15) is 5.56 Å². The number of nitrogens with zero attached hydrogens (tertiary/aromatic N) is 2. The molecule has 0 aliphatic heterocycles. The van der Waals surface area contributed by atoms with Gasteiger partial charge in [0.1, 0.15) is 18.9 Å². The fraction of sp³-hybridized carbons (Fsp3) is 0.211. The molecule has 9 heteroatoms. The van der Waals surface area contributed by atoms with Crippen molar-refractivity contribution < 1.29 is 22.7 Å². The van der Waals surface area contributed by atoms with E-state index in [-0.39, 0.29) is 36.8 Å².